The highest BCUT2D eigenvalue weighted by atomic mass is 19.1. The van der Waals surface area contributed by atoms with E-state index in [-0.39, 0.29) is 24.1 Å². The fraction of sp³-hybridized carbons (Fsp3) is 0.259. The van der Waals surface area contributed by atoms with E-state index in [0.717, 1.165) is 30.3 Å². The van der Waals surface area contributed by atoms with E-state index in [1.165, 1.54) is 24.3 Å². The largest absolute Gasteiger partial charge is 0.368 e. The Morgan fingerprint density at radius 3 is 2.81 bits per heavy atom. The van der Waals surface area contributed by atoms with Gasteiger partial charge in [0.25, 0.3) is 5.91 Å². The van der Waals surface area contributed by atoms with E-state index in [4.69, 9.17) is 4.98 Å². The first-order valence-corrected chi connectivity index (χ1v) is 11.9. The Morgan fingerprint density at radius 1 is 1.17 bits per heavy atom. The lowest BCUT2D eigenvalue weighted by atomic mass is 10.1. The van der Waals surface area contributed by atoms with Crippen LogP contribution in [0.2, 0.25) is 0 Å². The van der Waals surface area contributed by atoms with Crippen LogP contribution in [0.5, 0.6) is 0 Å². The Hall–Kier alpha value is -3.98. The third-order valence-corrected chi connectivity index (χ3v) is 7.00. The van der Waals surface area contributed by atoms with Crippen LogP contribution >= 0.6 is 0 Å². The van der Waals surface area contributed by atoms with Crippen molar-refractivity contribution in [1.82, 2.24) is 24.3 Å². The molecule has 4 heterocycles. The summed E-state index contributed by atoms with van der Waals surface area (Å²) < 4.78 is 31.7. The SMILES string of the molecule is CN(C)C1CNc2c(nc3n2CC=C3NC(=O)c2cc3cc(F)ccc3n2Cc2cccc(F)c2)C1. The maximum absolute atomic E-state index is 14.0. The Bertz CT molecular complexity index is 1530. The highest BCUT2D eigenvalue weighted by Gasteiger charge is 2.30. The average Bonchev–Trinajstić information content (AvgIpc) is 3.51. The summed E-state index contributed by atoms with van der Waals surface area (Å²) in [6.45, 7) is 1.72. The number of amides is 1. The third kappa shape index (κ3) is 3.85. The van der Waals surface area contributed by atoms with Crippen LogP contribution in [0.3, 0.4) is 0 Å². The lowest BCUT2D eigenvalue weighted by Gasteiger charge is -2.29. The van der Waals surface area contributed by atoms with Crippen LogP contribution in [-0.2, 0) is 19.5 Å². The summed E-state index contributed by atoms with van der Waals surface area (Å²) in [6.07, 6.45) is 2.78. The van der Waals surface area contributed by atoms with Crippen LogP contribution < -0.4 is 10.6 Å². The topological polar surface area (TPSA) is 67.1 Å². The van der Waals surface area contributed by atoms with Crippen LogP contribution in [0.25, 0.3) is 16.6 Å². The molecule has 2 aliphatic rings. The molecule has 9 heteroatoms. The Morgan fingerprint density at radius 2 is 2.00 bits per heavy atom. The van der Waals surface area contributed by atoms with E-state index in [1.807, 2.05) is 6.08 Å². The van der Waals surface area contributed by atoms with Crippen molar-refractivity contribution in [3.63, 3.8) is 0 Å². The van der Waals surface area contributed by atoms with Gasteiger partial charge in [-0.25, -0.2) is 13.8 Å². The summed E-state index contributed by atoms with van der Waals surface area (Å²) >= 11 is 0. The predicted octanol–water partition coefficient (Wildman–Crippen LogP) is 3.85. The molecule has 0 bridgehead atoms. The van der Waals surface area contributed by atoms with Crippen LogP contribution in [0.4, 0.5) is 14.6 Å². The Kier molecular flexibility index (Phi) is 5.37. The molecule has 0 saturated carbocycles. The molecule has 4 aromatic rings. The molecule has 0 radical (unpaired) electrons. The maximum Gasteiger partial charge on any atom is 0.272 e. The molecule has 2 aromatic carbocycles. The van der Waals surface area contributed by atoms with E-state index in [2.05, 4.69) is 34.2 Å². The van der Waals surface area contributed by atoms with Gasteiger partial charge in [0.15, 0.2) is 5.82 Å². The normalized spacial score (nSPS) is 16.6. The van der Waals surface area contributed by atoms with Gasteiger partial charge in [-0.2, -0.15) is 0 Å². The van der Waals surface area contributed by atoms with Crippen molar-refractivity contribution in [1.29, 1.82) is 0 Å². The minimum absolute atomic E-state index is 0.271. The van der Waals surface area contributed by atoms with Crippen molar-refractivity contribution >= 4 is 28.3 Å². The van der Waals surface area contributed by atoms with Crippen LogP contribution in [0.1, 0.15) is 27.6 Å². The van der Waals surface area contributed by atoms with Crippen molar-refractivity contribution in [3.05, 3.63) is 89.0 Å². The van der Waals surface area contributed by atoms with E-state index in [9.17, 15) is 13.6 Å². The van der Waals surface area contributed by atoms with Gasteiger partial charge in [-0.05, 0) is 62.1 Å². The molecule has 2 aromatic heterocycles. The van der Waals surface area contributed by atoms with Gasteiger partial charge in [-0.15, -0.1) is 0 Å². The molecule has 1 amide bonds. The van der Waals surface area contributed by atoms with E-state index < -0.39 is 0 Å². The number of carbonyl (C=O) groups is 1. The molecule has 7 nitrogen and oxygen atoms in total. The molecule has 1 atom stereocenters. The van der Waals surface area contributed by atoms with Gasteiger partial charge in [-0.1, -0.05) is 12.1 Å². The van der Waals surface area contributed by atoms with Gasteiger partial charge in [0.05, 0.1) is 11.4 Å². The molecule has 0 fully saturated rings. The molecule has 0 aliphatic carbocycles. The van der Waals surface area contributed by atoms with Crippen molar-refractivity contribution < 1.29 is 13.6 Å². The number of halogens is 2. The third-order valence-electron chi connectivity index (χ3n) is 7.00. The minimum atomic E-state index is -0.382. The van der Waals surface area contributed by atoms with Gasteiger partial charge in [0.2, 0.25) is 0 Å². The monoisotopic (exact) mass is 488 g/mol. The van der Waals surface area contributed by atoms with Crippen molar-refractivity contribution in [3.8, 4) is 0 Å². The Labute approximate surface area is 207 Å². The number of likely N-dealkylation sites (N-methyl/N-ethyl adjacent to an activating group) is 1. The van der Waals surface area contributed by atoms with Crippen molar-refractivity contribution in [2.24, 2.45) is 0 Å². The summed E-state index contributed by atoms with van der Waals surface area (Å²) in [7, 11) is 4.11. The number of fused-ring (bicyclic) bond motifs is 4. The number of anilines is 1. The molecule has 6 rings (SSSR count). The number of hydrogen-bond acceptors (Lipinski definition) is 4. The second-order valence-electron chi connectivity index (χ2n) is 9.56. The molecule has 0 spiro atoms. The first-order valence-electron chi connectivity index (χ1n) is 11.9. The van der Waals surface area contributed by atoms with E-state index in [1.54, 1.807) is 28.8 Å². The number of imidazole rings is 1. The summed E-state index contributed by atoms with van der Waals surface area (Å²) in [5.41, 5.74) is 3.40. The zero-order valence-corrected chi connectivity index (χ0v) is 20.1. The molecular weight excluding hydrogens is 462 g/mol. The highest BCUT2D eigenvalue weighted by Crippen LogP contribution is 2.31. The number of nitrogens with zero attached hydrogens (tertiary/aromatic N) is 4. The average molecular weight is 489 g/mol. The molecule has 36 heavy (non-hydrogen) atoms. The van der Waals surface area contributed by atoms with E-state index >= 15 is 0 Å². The minimum Gasteiger partial charge on any atom is -0.368 e. The second-order valence-corrected chi connectivity index (χ2v) is 9.56. The van der Waals surface area contributed by atoms with Gasteiger partial charge < -0.3 is 24.7 Å². The standard InChI is InChI=1S/C27H26F2N6O/c1-33(2)20-13-22-25(30-14-20)34-9-8-21(26(34)31-22)32-27(36)24-12-17-11-19(29)6-7-23(17)35(24)15-16-4-3-5-18(28)10-16/h3-8,10-12,20,30H,9,13-15H2,1-2H3,(H,32,36). The molecular formula is C27H26F2N6O. The second kappa shape index (κ2) is 8.60. The van der Waals surface area contributed by atoms with Crippen molar-refractivity contribution in [2.75, 3.05) is 26.0 Å². The van der Waals surface area contributed by atoms with Crippen LogP contribution in [0, 0.1) is 11.6 Å². The number of carbonyl (C=O) groups excluding carboxylic acids is 1. The highest BCUT2D eigenvalue weighted by molar-refractivity contribution is 6.02. The zero-order chi connectivity index (χ0) is 25.0. The number of rotatable bonds is 5. The number of hydrogen-bond donors (Lipinski definition) is 2. The van der Waals surface area contributed by atoms with Gasteiger partial charge in [-0.3, -0.25) is 4.79 Å². The summed E-state index contributed by atoms with van der Waals surface area (Å²) in [4.78, 5) is 20.5. The quantitative estimate of drug-likeness (QED) is 0.448. The van der Waals surface area contributed by atoms with Gasteiger partial charge in [0.1, 0.15) is 23.1 Å². The lowest BCUT2D eigenvalue weighted by Crippen LogP contribution is -2.39. The van der Waals surface area contributed by atoms with E-state index in [0.29, 0.717) is 40.4 Å². The Balaban J connectivity index is 1.32. The number of allylic oxidation sites excluding steroid dienone is 1. The number of benzene rings is 2. The van der Waals surface area contributed by atoms with Crippen LogP contribution in [0.15, 0.2) is 54.6 Å². The summed E-state index contributed by atoms with van der Waals surface area (Å²) in [5, 5.41) is 7.11. The first kappa shape index (κ1) is 22.5. The molecule has 2 N–H and O–H groups in total. The number of nitrogens with one attached hydrogen (secondary N) is 2. The van der Waals surface area contributed by atoms with Gasteiger partial charge >= 0.3 is 0 Å². The molecule has 184 valence electrons. The number of aromatic nitrogens is 3. The molecule has 1 unspecified atom stereocenters. The fourth-order valence-electron chi connectivity index (χ4n) is 5.09. The zero-order valence-electron chi connectivity index (χ0n) is 20.1. The summed E-state index contributed by atoms with van der Waals surface area (Å²) in [5.74, 6) is 0.659. The maximum atomic E-state index is 14.0. The predicted molar refractivity (Wildman–Crippen MR) is 135 cm³/mol. The smallest absolute Gasteiger partial charge is 0.272 e. The fourth-order valence-corrected chi connectivity index (χ4v) is 5.09. The molecule has 0 saturated heterocycles. The van der Waals surface area contributed by atoms with Gasteiger partial charge in [0, 0.05) is 43.0 Å². The first-order chi connectivity index (χ1) is 17.4. The molecule has 2 aliphatic heterocycles. The van der Waals surface area contributed by atoms with Crippen molar-refractivity contribution in [2.45, 2.75) is 25.6 Å². The summed E-state index contributed by atoms with van der Waals surface area (Å²) in [6, 6.07) is 12.7. The van der Waals surface area contributed by atoms with Crippen LogP contribution in [-0.4, -0.2) is 51.6 Å². The lowest BCUT2D eigenvalue weighted by molar-refractivity contribution is 0.0965.